The molecule has 14 heavy (non-hydrogen) atoms. The predicted octanol–water partition coefficient (Wildman–Crippen LogP) is 1.42. The van der Waals surface area contributed by atoms with Crippen LogP contribution in [0.1, 0.15) is 20.3 Å². The zero-order valence-electron chi connectivity index (χ0n) is 9.33. The van der Waals surface area contributed by atoms with Crippen molar-refractivity contribution < 1.29 is 0 Å². The van der Waals surface area contributed by atoms with Crippen molar-refractivity contribution in [1.82, 2.24) is 10.2 Å². The zero-order chi connectivity index (χ0) is 9.97. The van der Waals surface area contributed by atoms with Gasteiger partial charge in [-0.2, -0.15) is 11.8 Å². The minimum absolute atomic E-state index is 0.735. The largest absolute Gasteiger partial charge is 0.312 e. The highest BCUT2D eigenvalue weighted by Gasteiger charge is 2.25. The molecule has 0 spiro atoms. The molecule has 2 nitrogen and oxygen atoms in total. The molecule has 0 radical (unpaired) electrons. The Morgan fingerprint density at radius 1 is 1.43 bits per heavy atom. The molecule has 0 aromatic rings. The van der Waals surface area contributed by atoms with Crippen LogP contribution in [0.4, 0.5) is 0 Å². The van der Waals surface area contributed by atoms with Crippen molar-refractivity contribution in [2.24, 2.45) is 5.92 Å². The van der Waals surface area contributed by atoms with Gasteiger partial charge in [0.05, 0.1) is 0 Å². The fourth-order valence-electron chi connectivity index (χ4n) is 2.19. The van der Waals surface area contributed by atoms with Crippen LogP contribution in [-0.2, 0) is 0 Å². The minimum Gasteiger partial charge on any atom is -0.312 e. The van der Waals surface area contributed by atoms with E-state index in [0.29, 0.717) is 0 Å². The molecule has 0 aliphatic carbocycles. The summed E-state index contributed by atoms with van der Waals surface area (Å²) in [4.78, 5) is 2.60. The molecule has 1 N–H and O–H groups in total. The number of nitrogens with one attached hydrogen (secondary N) is 1. The number of likely N-dealkylation sites (tertiary alicyclic amines) is 1. The SMILES string of the molecule is CC(C)N1CCC(CNC2CSC2)C1. The number of hydrogen-bond donors (Lipinski definition) is 1. The molecule has 0 amide bonds. The van der Waals surface area contributed by atoms with E-state index in [1.807, 2.05) is 0 Å². The molecule has 1 atom stereocenters. The minimum atomic E-state index is 0.735. The van der Waals surface area contributed by atoms with Crippen molar-refractivity contribution in [2.45, 2.75) is 32.4 Å². The van der Waals surface area contributed by atoms with Gasteiger partial charge in [-0.1, -0.05) is 0 Å². The fourth-order valence-corrected chi connectivity index (χ4v) is 2.89. The second-order valence-corrected chi connectivity index (χ2v) is 5.96. The van der Waals surface area contributed by atoms with Crippen LogP contribution in [-0.4, -0.2) is 48.1 Å². The number of rotatable bonds is 4. The first-order valence-electron chi connectivity index (χ1n) is 5.81. The van der Waals surface area contributed by atoms with Gasteiger partial charge in [-0.05, 0) is 39.3 Å². The molecule has 2 rings (SSSR count). The van der Waals surface area contributed by atoms with Crippen molar-refractivity contribution in [3.63, 3.8) is 0 Å². The Morgan fingerprint density at radius 3 is 2.71 bits per heavy atom. The smallest absolute Gasteiger partial charge is 0.0248 e. The third kappa shape index (κ3) is 2.65. The van der Waals surface area contributed by atoms with Crippen molar-refractivity contribution in [3.05, 3.63) is 0 Å². The van der Waals surface area contributed by atoms with E-state index < -0.39 is 0 Å². The van der Waals surface area contributed by atoms with Gasteiger partial charge in [0.15, 0.2) is 0 Å². The van der Waals surface area contributed by atoms with Crippen LogP contribution in [0.3, 0.4) is 0 Å². The Labute approximate surface area is 91.8 Å². The highest BCUT2D eigenvalue weighted by Crippen LogP contribution is 2.20. The predicted molar refractivity (Wildman–Crippen MR) is 63.9 cm³/mol. The molecule has 3 heteroatoms. The maximum Gasteiger partial charge on any atom is 0.0248 e. The van der Waals surface area contributed by atoms with Crippen molar-refractivity contribution in [1.29, 1.82) is 0 Å². The molecule has 1 unspecified atom stereocenters. The summed E-state index contributed by atoms with van der Waals surface area (Å²) in [7, 11) is 0. The molecule has 82 valence electrons. The zero-order valence-corrected chi connectivity index (χ0v) is 10.1. The third-order valence-corrected chi connectivity index (χ3v) is 4.66. The number of thioether (sulfide) groups is 1. The average molecular weight is 214 g/mol. The van der Waals surface area contributed by atoms with E-state index in [9.17, 15) is 0 Å². The van der Waals surface area contributed by atoms with E-state index in [4.69, 9.17) is 0 Å². The summed E-state index contributed by atoms with van der Waals surface area (Å²) < 4.78 is 0. The first kappa shape index (κ1) is 10.8. The van der Waals surface area contributed by atoms with Crippen LogP contribution in [0.2, 0.25) is 0 Å². The lowest BCUT2D eigenvalue weighted by atomic mass is 10.1. The molecule has 2 saturated heterocycles. The Kier molecular flexibility index (Phi) is 3.74. The van der Waals surface area contributed by atoms with Gasteiger partial charge in [-0.25, -0.2) is 0 Å². The van der Waals surface area contributed by atoms with Crippen molar-refractivity contribution in [3.8, 4) is 0 Å². The summed E-state index contributed by atoms with van der Waals surface area (Å²) in [5, 5.41) is 3.67. The van der Waals surface area contributed by atoms with Crippen LogP contribution in [0.5, 0.6) is 0 Å². The molecule has 0 saturated carbocycles. The molecule has 0 aromatic carbocycles. The van der Waals surface area contributed by atoms with E-state index in [1.54, 1.807) is 0 Å². The average Bonchev–Trinajstić information content (AvgIpc) is 2.50. The Morgan fingerprint density at radius 2 is 2.21 bits per heavy atom. The lowest BCUT2D eigenvalue weighted by Crippen LogP contribution is -2.43. The lowest BCUT2D eigenvalue weighted by Gasteiger charge is -2.27. The van der Waals surface area contributed by atoms with Gasteiger partial charge in [0, 0.05) is 30.1 Å². The van der Waals surface area contributed by atoms with E-state index in [0.717, 1.165) is 18.0 Å². The van der Waals surface area contributed by atoms with Crippen LogP contribution in [0.15, 0.2) is 0 Å². The Hall–Kier alpha value is 0.270. The van der Waals surface area contributed by atoms with Crippen molar-refractivity contribution in [2.75, 3.05) is 31.1 Å². The molecule has 0 bridgehead atoms. The summed E-state index contributed by atoms with van der Waals surface area (Å²) in [6.07, 6.45) is 1.39. The van der Waals surface area contributed by atoms with Crippen LogP contribution in [0, 0.1) is 5.92 Å². The van der Waals surface area contributed by atoms with E-state index in [-0.39, 0.29) is 0 Å². The van der Waals surface area contributed by atoms with E-state index in [2.05, 4.69) is 35.8 Å². The van der Waals surface area contributed by atoms with E-state index in [1.165, 1.54) is 37.6 Å². The molecule has 2 aliphatic rings. The number of hydrogen-bond acceptors (Lipinski definition) is 3. The van der Waals surface area contributed by atoms with Gasteiger partial charge in [-0.15, -0.1) is 0 Å². The molecule has 2 aliphatic heterocycles. The molecule has 0 aromatic heterocycles. The maximum absolute atomic E-state index is 3.67. The van der Waals surface area contributed by atoms with Crippen molar-refractivity contribution >= 4 is 11.8 Å². The summed E-state index contributed by atoms with van der Waals surface area (Å²) >= 11 is 2.06. The summed E-state index contributed by atoms with van der Waals surface area (Å²) in [6.45, 7) is 8.47. The van der Waals surface area contributed by atoms with Gasteiger partial charge in [0.25, 0.3) is 0 Å². The van der Waals surface area contributed by atoms with Gasteiger partial charge < -0.3 is 10.2 Å². The summed E-state index contributed by atoms with van der Waals surface area (Å²) in [5.74, 6) is 3.57. The second kappa shape index (κ2) is 4.86. The highest BCUT2D eigenvalue weighted by atomic mass is 32.2. The summed E-state index contributed by atoms with van der Waals surface area (Å²) in [6, 6.07) is 1.56. The van der Waals surface area contributed by atoms with Crippen LogP contribution >= 0.6 is 11.8 Å². The maximum atomic E-state index is 3.67. The van der Waals surface area contributed by atoms with Crippen LogP contribution in [0.25, 0.3) is 0 Å². The monoisotopic (exact) mass is 214 g/mol. The molecular formula is C11H22N2S. The van der Waals surface area contributed by atoms with Gasteiger partial charge in [0.1, 0.15) is 0 Å². The lowest BCUT2D eigenvalue weighted by molar-refractivity contribution is 0.263. The third-order valence-electron chi connectivity index (χ3n) is 3.38. The van der Waals surface area contributed by atoms with Gasteiger partial charge >= 0.3 is 0 Å². The normalized spacial score (nSPS) is 29.8. The van der Waals surface area contributed by atoms with Gasteiger partial charge in [0.2, 0.25) is 0 Å². The Balaban J connectivity index is 1.62. The molecule has 2 fully saturated rings. The topological polar surface area (TPSA) is 15.3 Å². The Bertz CT molecular complexity index is 180. The first-order valence-corrected chi connectivity index (χ1v) is 6.96. The first-order chi connectivity index (χ1) is 6.75. The van der Waals surface area contributed by atoms with Gasteiger partial charge in [-0.3, -0.25) is 0 Å². The molecule has 2 heterocycles. The number of nitrogens with zero attached hydrogens (tertiary/aromatic N) is 1. The van der Waals surface area contributed by atoms with Crippen LogP contribution < -0.4 is 5.32 Å². The summed E-state index contributed by atoms with van der Waals surface area (Å²) in [5.41, 5.74) is 0. The van der Waals surface area contributed by atoms with E-state index >= 15 is 0 Å². The quantitative estimate of drug-likeness (QED) is 0.762. The standard InChI is InChI=1S/C11H22N2S/c1-9(2)13-4-3-10(6-13)5-12-11-7-14-8-11/h9-12H,3-8H2,1-2H3. The second-order valence-electron chi connectivity index (χ2n) is 4.89. The highest BCUT2D eigenvalue weighted by molar-refractivity contribution is 8.00. The molecular weight excluding hydrogens is 192 g/mol. The fraction of sp³-hybridized carbons (Fsp3) is 1.00.